The molecule has 1 aliphatic carbocycles. The molecular weight excluding hydrogens is 302 g/mol. The molecule has 3 fully saturated rings. The third-order valence-corrected chi connectivity index (χ3v) is 6.20. The Morgan fingerprint density at radius 2 is 2.18 bits per heavy atom. The monoisotopic (exact) mass is 329 g/mol. The van der Waals surface area contributed by atoms with Gasteiger partial charge in [-0.15, -0.1) is 12.4 Å². The smallest absolute Gasteiger partial charge is 0.238 e. The van der Waals surface area contributed by atoms with Gasteiger partial charge in [0.15, 0.2) is 0 Å². The number of nitrogens with two attached hydrogens (primary N) is 1. The van der Waals surface area contributed by atoms with Gasteiger partial charge in [0.1, 0.15) is 5.54 Å². The summed E-state index contributed by atoms with van der Waals surface area (Å²) >= 11 is 0. The minimum absolute atomic E-state index is 0. The van der Waals surface area contributed by atoms with Gasteiger partial charge in [0.2, 0.25) is 11.8 Å². The summed E-state index contributed by atoms with van der Waals surface area (Å²) in [6.45, 7) is 3.84. The third-order valence-electron chi connectivity index (χ3n) is 6.20. The Morgan fingerprint density at radius 3 is 2.82 bits per heavy atom. The highest BCUT2D eigenvalue weighted by Gasteiger charge is 2.56. The molecule has 2 amide bonds. The molecule has 5 nitrogen and oxygen atoms in total. The van der Waals surface area contributed by atoms with Crippen LogP contribution >= 0.6 is 12.4 Å². The van der Waals surface area contributed by atoms with Gasteiger partial charge in [-0.2, -0.15) is 0 Å². The molecule has 3 aliphatic rings. The number of hydrogen-bond donors (Lipinski definition) is 3. The molecule has 3 rings (SSSR count). The summed E-state index contributed by atoms with van der Waals surface area (Å²) in [6, 6.07) is 0. The van der Waals surface area contributed by atoms with E-state index in [1.807, 2.05) is 0 Å². The Kier molecular flexibility index (Phi) is 5.38. The van der Waals surface area contributed by atoms with Gasteiger partial charge in [-0.05, 0) is 56.4 Å². The minimum atomic E-state index is -0.545. The molecule has 1 saturated carbocycles. The van der Waals surface area contributed by atoms with Crippen molar-refractivity contribution in [2.24, 2.45) is 29.4 Å². The van der Waals surface area contributed by atoms with Crippen molar-refractivity contribution in [3.63, 3.8) is 0 Å². The lowest BCUT2D eigenvalue weighted by Crippen LogP contribution is -2.60. The first-order valence-electron chi connectivity index (χ1n) is 8.38. The SMILES string of the molecule is CC(CC[C@H]1CCNC1=O)C1(C(N)=O)NCC2CCCC21.Cl. The van der Waals surface area contributed by atoms with Crippen molar-refractivity contribution in [2.75, 3.05) is 13.1 Å². The molecule has 4 unspecified atom stereocenters. The van der Waals surface area contributed by atoms with Gasteiger partial charge in [-0.3, -0.25) is 9.59 Å². The summed E-state index contributed by atoms with van der Waals surface area (Å²) in [6.07, 6.45) is 6.20. The average molecular weight is 330 g/mol. The largest absolute Gasteiger partial charge is 0.368 e. The van der Waals surface area contributed by atoms with Crippen molar-refractivity contribution < 1.29 is 9.59 Å². The zero-order valence-corrected chi connectivity index (χ0v) is 14.1. The Hall–Kier alpha value is -0.810. The second-order valence-corrected chi connectivity index (χ2v) is 7.17. The molecule has 2 aliphatic heterocycles. The highest BCUT2D eigenvalue weighted by atomic mass is 35.5. The lowest BCUT2D eigenvalue weighted by Gasteiger charge is -2.38. The number of nitrogens with one attached hydrogen (secondary N) is 2. The van der Waals surface area contributed by atoms with E-state index in [4.69, 9.17) is 5.73 Å². The fourth-order valence-corrected chi connectivity index (χ4v) is 4.96. The number of amides is 2. The molecule has 6 heteroatoms. The number of hydrogen-bond acceptors (Lipinski definition) is 3. The summed E-state index contributed by atoms with van der Waals surface area (Å²) < 4.78 is 0. The van der Waals surface area contributed by atoms with E-state index in [-0.39, 0.29) is 36.1 Å². The van der Waals surface area contributed by atoms with Crippen LogP contribution in [-0.4, -0.2) is 30.4 Å². The molecule has 0 bridgehead atoms. The normalized spacial score (nSPS) is 38.2. The van der Waals surface area contributed by atoms with Crippen molar-refractivity contribution in [3.8, 4) is 0 Å². The zero-order valence-electron chi connectivity index (χ0n) is 13.3. The molecule has 0 aromatic heterocycles. The van der Waals surface area contributed by atoms with Gasteiger partial charge in [0.05, 0.1) is 0 Å². The Balaban J connectivity index is 0.00000176. The van der Waals surface area contributed by atoms with E-state index in [9.17, 15) is 9.59 Å². The summed E-state index contributed by atoms with van der Waals surface area (Å²) in [5.41, 5.74) is 5.27. The summed E-state index contributed by atoms with van der Waals surface area (Å²) in [7, 11) is 0. The Morgan fingerprint density at radius 1 is 1.41 bits per heavy atom. The van der Waals surface area contributed by atoms with E-state index < -0.39 is 5.54 Å². The highest BCUT2D eigenvalue weighted by molar-refractivity contribution is 5.86. The fraction of sp³-hybridized carbons (Fsp3) is 0.875. The molecule has 2 saturated heterocycles. The van der Waals surface area contributed by atoms with E-state index in [2.05, 4.69) is 17.6 Å². The maximum atomic E-state index is 12.2. The predicted octanol–water partition coefficient (Wildman–Crippen LogP) is 1.20. The highest BCUT2D eigenvalue weighted by Crippen LogP contribution is 2.47. The topological polar surface area (TPSA) is 84.2 Å². The first kappa shape index (κ1) is 17.5. The quantitative estimate of drug-likeness (QED) is 0.708. The minimum Gasteiger partial charge on any atom is -0.368 e. The van der Waals surface area contributed by atoms with Gasteiger partial charge in [-0.25, -0.2) is 0 Å². The van der Waals surface area contributed by atoms with Crippen LogP contribution in [0.3, 0.4) is 0 Å². The molecule has 5 atom stereocenters. The Labute approximate surface area is 138 Å². The maximum Gasteiger partial charge on any atom is 0.238 e. The van der Waals surface area contributed by atoms with Gasteiger partial charge in [0.25, 0.3) is 0 Å². The Bertz CT molecular complexity index is 445. The fourth-order valence-electron chi connectivity index (χ4n) is 4.96. The molecule has 126 valence electrons. The number of primary amides is 1. The van der Waals surface area contributed by atoms with E-state index in [0.29, 0.717) is 11.8 Å². The van der Waals surface area contributed by atoms with Crippen LogP contribution in [0.25, 0.3) is 0 Å². The van der Waals surface area contributed by atoms with Crippen LogP contribution in [0.2, 0.25) is 0 Å². The van der Waals surface area contributed by atoms with Crippen LogP contribution in [0.1, 0.15) is 45.4 Å². The van der Waals surface area contributed by atoms with Gasteiger partial charge in [-0.1, -0.05) is 13.3 Å². The van der Waals surface area contributed by atoms with Crippen molar-refractivity contribution >= 4 is 24.2 Å². The lowest BCUT2D eigenvalue weighted by molar-refractivity contribution is -0.128. The van der Waals surface area contributed by atoms with Crippen molar-refractivity contribution in [1.29, 1.82) is 0 Å². The summed E-state index contributed by atoms with van der Waals surface area (Å²) in [4.78, 5) is 23.9. The zero-order chi connectivity index (χ0) is 15.0. The molecule has 0 radical (unpaired) electrons. The second kappa shape index (κ2) is 6.75. The number of fused-ring (bicyclic) bond motifs is 1. The predicted molar refractivity (Wildman–Crippen MR) is 87.5 cm³/mol. The van der Waals surface area contributed by atoms with Crippen LogP contribution in [-0.2, 0) is 9.59 Å². The first-order chi connectivity index (χ1) is 10.1. The van der Waals surface area contributed by atoms with Crippen LogP contribution in [0, 0.1) is 23.7 Å². The molecule has 2 heterocycles. The van der Waals surface area contributed by atoms with Gasteiger partial charge in [0, 0.05) is 12.5 Å². The molecule has 0 spiro atoms. The number of carbonyl (C=O) groups is 2. The van der Waals surface area contributed by atoms with E-state index in [1.54, 1.807) is 0 Å². The third kappa shape index (κ3) is 2.73. The van der Waals surface area contributed by atoms with Crippen molar-refractivity contribution in [3.05, 3.63) is 0 Å². The standard InChI is InChI=1S/C16H27N3O2.ClH/c1-10(5-6-11-7-8-18-14(11)20)16(15(17)21)13-4-2-3-12(13)9-19-16;/h10-13,19H,2-9H2,1H3,(H2,17,21)(H,18,20);1H/t10?,11-,12?,13?,16?;/m0./s1. The lowest BCUT2D eigenvalue weighted by atomic mass is 9.71. The van der Waals surface area contributed by atoms with Crippen molar-refractivity contribution in [1.82, 2.24) is 10.6 Å². The van der Waals surface area contributed by atoms with Crippen LogP contribution in [0.15, 0.2) is 0 Å². The van der Waals surface area contributed by atoms with E-state index in [0.717, 1.165) is 38.8 Å². The number of halogens is 1. The van der Waals surface area contributed by atoms with E-state index in [1.165, 1.54) is 12.8 Å². The summed E-state index contributed by atoms with van der Waals surface area (Å²) in [5.74, 6) is 1.29. The van der Waals surface area contributed by atoms with Crippen molar-refractivity contribution in [2.45, 2.75) is 51.0 Å². The molecule has 4 N–H and O–H groups in total. The van der Waals surface area contributed by atoms with Gasteiger partial charge >= 0.3 is 0 Å². The molecular formula is C16H28ClN3O2. The second-order valence-electron chi connectivity index (χ2n) is 7.17. The van der Waals surface area contributed by atoms with Crippen LogP contribution in [0.4, 0.5) is 0 Å². The molecule has 22 heavy (non-hydrogen) atoms. The summed E-state index contributed by atoms with van der Waals surface area (Å²) in [5, 5.41) is 6.37. The van der Waals surface area contributed by atoms with Crippen LogP contribution in [0.5, 0.6) is 0 Å². The number of carbonyl (C=O) groups excluding carboxylic acids is 2. The average Bonchev–Trinajstić information content (AvgIpc) is 3.11. The maximum absolute atomic E-state index is 12.2. The number of rotatable bonds is 5. The van der Waals surface area contributed by atoms with E-state index >= 15 is 0 Å². The molecule has 0 aromatic carbocycles. The van der Waals surface area contributed by atoms with Gasteiger partial charge < -0.3 is 16.4 Å². The molecule has 0 aromatic rings. The van der Waals surface area contributed by atoms with Crippen LogP contribution < -0.4 is 16.4 Å². The first-order valence-corrected chi connectivity index (χ1v) is 8.38.